The van der Waals surface area contributed by atoms with E-state index in [9.17, 15) is 0 Å². The number of hydrogen-bond donors (Lipinski definition) is 1. The third-order valence-corrected chi connectivity index (χ3v) is 2.63. The summed E-state index contributed by atoms with van der Waals surface area (Å²) >= 11 is 0. The fourth-order valence-electron chi connectivity index (χ4n) is 1.84. The van der Waals surface area contributed by atoms with Crippen LogP contribution >= 0.6 is 0 Å². The molecule has 0 spiro atoms. The smallest absolute Gasteiger partial charge is 0.0775 e. The van der Waals surface area contributed by atoms with Crippen molar-refractivity contribution in [2.24, 2.45) is 5.73 Å². The van der Waals surface area contributed by atoms with E-state index in [0.717, 1.165) is 24.9 Å². The van der Waals surface area contributed by atoms with Gasteiger partial charge < -0.3 is 10.5 Å². The van der Waals surface area contributed by atoms with E-state index in [1.54, 1.807) is 0 Å². The predicted octanol–water partition coefficient (Wildman–Crippen LogP) is 0.909. The Morgan fingerprint density at radius 1 is 1.64 bits per heavy atom. The van der Waals surface area contributed by atoms with Gasteiger partial charge in [-0.15, -0.1) is 0 Å². The van der Waals surface area contributed by atoms with Crippen molar-refractivity contribution in [3.05, 3.63) is 18.0 Å². The highest BCUT2D eigenvalue weighted by Crippen LogP contribution is 2.20. The third-order valence-electron chi connectivity index (χ3n) is 2.63. The van der Waals surface area contributed by atoms with Gasteiger partial charge in [0.15, 0.2) is 0 Å². The van der Waals surface area contributed by atoms with Gasteiger partial charge in [-0.2, -0.15) is 5.10 Å². The number of aromatic nitrogens is 2. The van der Waals surface area contributed by atoms with Crippen molar-refractivity contribution in [1.29, 1.82) is 0 Å². The first kappa shape index (κ1) is 9.68. The van der Waals surface area contributed by atoms with Crippen LogP contribution in [-0.4, -0.2) is 22.0 Å². The first-order chi connectivity index (χ1) is 6.78. The summed E-state index contributed by atoms with van der Waals surface area (Å²) in [6.45, 7) is 3.53. The highest BCUT2D eigenvalue weighted by atomic mass is 16.5. The molecule has 0 amide bonds. The number of ether oxygens (including phenoxy) is 1. The Balaban J connectivity index is 1.90. The normalized spacial score (nSPS) is 27.0. The van der Waals surface area contributed by atoms with Gasteiger partial charge in [-0.05, 0) is 19.8 Å². The topological polar surface area (TPSA) is 53.1 Å². The molecule has 14 heavy (non-hydrogen) atoms. The quantitative estimate of drug-likeness (QED) is 0.780. The summed E-state index contributed by atoms with van der Waals surface area (Å²) in [6.07, 6.45) is 6.85. The van der Waals surface area contributed by atoms with Gasteiger partial charge in [0.2, 0.25) is 0 Å². The average Bonchev–Trinajstić information content (AvgIpc) is 2.76. The molecule has 2 N–H and O–H groups in total. The molecule has 1 fully saturated rings. The monoisotopic (exact) mass is 195 g/mol. The molecule has 2 unspecified atom stereocenters. The van der Waals surface area contributed by atoms with Crippen LogP contribution in [0.25, 0.3) is 0 Å². The molecular formula is C10H17N3O. The summed E-state index contributed by atoms with van der Waals surface area (Å²) in [6, 6.07) is 0. The van der Waals surface area contributed by atoms with E-state index < -0.39 is 0 Å². The molecule has 2 atom stereocenters. The maximum absolute atomic E-state index is 5.72. The summed E-state index contributed by atoms with van der Waals surface area (Å²) in [4.78, 5) is 0. The van der Waals surface area contributed by atoms with E-state index in [1.165, 1.54) is 0 Å². The van der Waals surface area contributed by atoms with Crippen LogP contribution in [0.5, 0.6) is 0 Å². The second kappa shape index (κ2) is 4.11. The lowest BCUT2D eigenvalue weighted by Crippen LogP contribution is -2.16. The summed E-state index contributed by atoms with van der Waals surface area (Å²) in [5.41, 5.74) is 6.59. The standard InChI is InChI=1S/C10H17N3O/c1-8-2-3-10(14-8)7-13-6-9(4-11)5-12-13/h5-6,8,10H,2-4,7,11H2,1H3. The third kappa shape index (κ3) is 2.13. The Labute approximate surface area is 84.0 Å². The van der Waals surface area contributed by atoms with E-state index in [-0.39, 0.29) is 0 Å². The summed E-state index contributed by atoms with van der Waals surface area (Å²) in [5, 5.41) is 4.23. The minimum atomic E-state index is 0.329. The molecule has 1 aliphatic rings. The SMILES string of the molecule is CC1CCC(Cn2cc(CN)cn2)O1. The van der Waals surface area contributed by atoms with Crippen LogP contribution in [-0.2, 0) is 17.8 Å². The molecule has 1 saturated heterocycles. The average molecular weight is 195 g/mol. The van der Waals surface area contributed by atoms with Crippen molar-refractivity contribution >= 4 is 0 Å². The summed E-state index contributed by atoms with van der Waals surface area (Å²) in [5.74, 6) is 0. The Bertz CT molecular complexity index is 297. The molecule has 2 heterocycles. The lowest BCUT2D eigenvalue weighted by molar-refractivity contribution is 0.0437. The van der Waals surface area contributed by atoms with Gasteiger partial charge in [0, 0.05) is 18.3 Å². The Morgan fingerprint density at radius 2 is 2.50 bits per heavy atom. The first-order valence-corrected chi connectivity index (χ1v) is 5.15. The Kier molecular flexibility index (Phi) is 2.84. The highest BCUT2D eigenvalue weighted by Gasteiger charge is 2.22. The molecule has 2 rings (SSSR count). The van der Waals surface area contributed by atoms with Crippen molar-refractivity contribution in [3.63, 3.8) is 0 Å². The minimum absolute atomic E-state index is 0.329. The van der Waals surface area contributed by atoms with Crippen molar-refractivity contribution in [2.45, 2.75) is 45.1 Å². The van der Waals surface area contributed by atoms with E-state index in [2.05, 4.69) is 12.0 Å². The van der Waals surface area contributed by atoms with Crippen LogP contribution in [0.1, 0.15) is 25.3 Å². The Hall–Kier alpha value is -0.870. The van der Waals surface area contributed by atoms with E-state index in [1.807, 2.05) is 17.1 Å². The minimum Gasteiger partial charge on any atom is -0.373 e. The molecule has 0 bridgehead atoms. The van der Waals surface area contributed by atoms with Crippen LogP contribution in [0.3, 0.4) is 0 Å². The van der Waals surface area contributed by atoms with Crippen LogP contribution in [0.4, 0.5) is 0 Å². The molecule has 78 valence electrons. The second-order valence-electron chi connectivity index (χ2n) is 3.92. The summed E-state index contributed by atoms with van der Waals surface area (Å²) in [7, 11) is 0. The zero-order valence-electron chi connectivity index (χ0n) is 8.52. The van der Waals surface area contributed by atoms with Crippen LogP contribution in [0.15, 0.2) is 12.4 Å². The molecule has 0 aliphatic carbocycles. The number of nitrogens with zero attached hydrogens (tertiary/aromatic N) is 2. The largest absolute Gasteiger partial charge is 0.373 e. The van der Waals surface area contributed by atoms with E-state index in [4.69, 9.17) is 10.5 Å². The molecule has 0 radical (unpaired) electrons. The van der Waals surface area contributed by atoms with Crippen molar-refractivity contribution in [3.8, 4) is 0 Å². The van der Waals surface area contributed by atoms with Gasteiger partial charge in [-0.25, -0.2) is 0 Å². The van der Waals surface area contributed by atoms with Crippen molar-refractivity contribution < 1.29 is 4.74 Å². The second-order valence-corrected chi connectivity index (χ2v) is 3.92. The summed E-state index contributed by atoms with van der Waals surface area (Å²) < 4.78 is 7.64. The Morgan fingerprint density at radius 3 is 3.07 bits per heavy atom. The molecule has 1 aliphatic heterocycles. The van der Waals surface area contributed by atoms with Crippen molar-refractivity contribution in [1.82, 2.24) is 9.78 Å². The lowest BCUT2D eigenvalue weighted by atomic mass is 10.2. The van der Waals surface area contributed by atoms with Crippen LogP contribution < -0.4 is 5.73 Å². The lowest BCUT2D eigenvalue weighted by Gasteiger charge is -2.10. The van der Waals surface area contributed by atoms with Gasteiger partial charge in [-0.3, -0.25) is 4.68 Å². The molecule has 4 nitrogen and oxygen atoms in total. The van der Waals surface area contributed by atoms with Gasteiger partial charge in [0.1, 0.15) is 0 Å². The molecule has 0 aromatic carbocycles. The van der Waals surface area contributed by atoms with Crippen LogP contribution in [0.2, 0.25) is 0 Å². The van der Waals surface area contributed by atoms with E-state index in [0.29, 0.717) is 18.8 Å². The first-order valence-electron chi connectivity index (χ1n) is 5.15. The molecule has 4 heteroatoms. The van der Waals surface area contributed by atoms with Gasteiger partial charge >= 0.3 is 0 Å². The number of nitrogens with two attached hydrogens (primary N) is 1. The van der Waals surface area contributed by atoms with Gasteiger partial charge in [-0.1, -0.05) is 0 Å². The molecule has 1 aromatic heterocycles. The number of hydrogen-bond acceptors (Lipinski definition) is 3. The van der Waals surface area contributed by atoms with E-state index >= 15 is 0 Å². The fraction of sp³-hybridized carbons (Fsp3) is 0.700. The predicted molar refractivity (Wildman–Crippen MR) is 53.7 cm³/mol. The zero-order chi connectivity index (χ0) is 9.97. The molecular weight excluding hydrogens is 178 g/mol. The molecule has 0 saturated carbocycles. The highest BCUT2D eigenvalue weighted by molar-refractivity contribution is 5.02. The maximum Gasteiger partial charge on any atom is 0.0775 e. The van der Waals surface area contributed by atoms with Gasteiger partial charge in [0.05, 0.1) is 24.9 Å². The fourth-order valence-corrected chi connectivity index (χ4v) is 1.84. The molecule has 1 aromatic rings. The zero-order valence-corrected chi connectivity index (χ0v) is 8.52. The van der Waals surface area contributed by atoms with Crippen LogP contribution in [0, 0.1) is 0 Å². The maximum atomic E-state index is 5.72. The van der Waals surface area contributed by atoms with Gasteiger partial charge in [0.25, 0.3) is 0 Å². The van der Waals surface area contributed by atoms with Crippen molar-refractivity contribution in [2.75, 3.05) is 0 Å². The number of rotatable bonds is 3.